The van der Waals surface area contributed by atoms with E-state index in [0.717, 1.165) is 10.0 Å². The van der Waals surface area contributed by atoms with Crippen molar-refractivity contribution in [2.75, 3.05) is 5.32 Å². The molecule has 6 heteroatoms. The quantitative estimate of drug-likeness (QED) is 0.516. The van der Waals surface area contributed by atoms with Gasteiger partial charge in [0, 0.05) is 15.7 Å². The SMILES string of the molecule is Cc1oc(-c2ccc(Cl)c(Cl)c2)cc1C(=O)Nc1cccc(Br)c1. The molecule has 3 aromatic rings. The normalized spacial score (nSPS) is 10.7. The van der Waals surface area contributed by atoms with Crippen molar-refractivity contribution in [2.24, 2.45) is 0 Å². The lowest BCUT2D eigenvalue weighted by Crippen LogP contribution is -2.11. The zero-order valence-corrected chi connectivity index (χ0v) is 15.7. The summed E-state index contributed by atoms with van der Waals surface area (Å²) >= 11 is 15.3. The van der Waals surface area contributed by atoms with E-state index in [2.05, 4.69) is 21.2 Å². The second-order valence-electron chi connectivity index (χ2n) is 5.17. The van der Waals surface area contributed by atoms with Crippen LogP contribution in [0.1, 0.15) is 16.1 Å². The Balaban J connectivity index is 1.88. The number of rotatable bonds is 3. The fourth-order valence-electron chi connectivity index (χ4n) is 2.26. The fraction of sp³-hybridized carbons (Fsp3) is 0.0556. The summed E-state index contributed by atoms with van der Waals surface area (Å²) in [4.78, 5) is 12.5. The van der Waals surface area contributed by atoms with Gasteiger partial charge >= 0.3 is 0 Å². The maximum atomic E-state index is 12.5. The summed E-state index contributed by atoms with van der Waals surface area (Å²) in [6.07, 6.45) is 0. The van der Waals surface area contributed by atoms with Gasteiger partial charge < -0.3 is 9.73 Å². The smallest absolute Gasteiger partial charge is 0.259 e. The van der Waals surface area contributed by atoms with E-state index < -0.39 is 0 Å². The molecule has 1 N–H and O–H groups in total. The zero-order valence-electron chi connectivity index (χ0n) is 12.6. The van der Waals surface area contributed by atoms with Crippen LogP contribution in [0.4, 0.5) is 5.69 Å². The van der Waals surface area contributed by atoms with E-state index in [-0.39, 0.29) is 5.91 Å². The minimum absolute atomic E-state index is 0.235. The highest BCUT2D eigenvalue weighted by Crippen LogP contribution is 2.31. The molecule has 0 radical (unpaired) electrons. The number of hydrogen-bond donors (Lipinski definition) is 1. The molecule has 0 saturated carbocycles. The maximum absolute atomic E-state index is 12.5. The van der Waals surface area contributed by atoms with Gasteiger partial charge in [0.1, 0.15) is 11.5 Å². The molecular formula is C18H12BrCl2NO2. The van der Waals surface area contributed by atoms with Crippen molar-refractivity contribution < 1.29 is 9.21 Å². The zero-order chi connectivity index (χ0) is 17.3. The largest absolute Gasteiger partial charge is 0.461 e. The molecule has 1 aromatic heterocycles. The van der Waals surface area contributed by atoms with E-state index in [0.29, 0.717) is 32.8 Å². The summed E-state index contributed by atoms with van der Waals surface area (Å²) in [5.41, 5.74) is 1.93. The van der Waals surface area contributed by atoms with Gasteiger partial charge in [0.05, 0.1) is 15.6 Å². The first-order chi connectivity index (χ1) is 11.4. The molecular weight excluding hydrogens is 413 g/mol. The Morgan fingerprint density at radius 1 is 1.08 bits per heavy atom. The standard InChI is InChI=1S/C18H12BrCl2NO2/c1-10-14(18(23)22-13-4-2-3-12(19)8-13)9-17(24-10)11-5-6-15(20)16(21)7-11/h2-9H,1H3,(H,22,23). The van der Waals surface area contributed by atoms with Crippen LogP contribution in [0.2, 0.25) is 10.0 Å². The Morgan fingerprint density at radius 2 is 1.88 bits per heavy atom. The minimum Gasteiger partial charge on any atom is -0.461 e. The molecule has 122 valence electrons. The average Bonchev–Trinajstić information content (AvgIpc) is 2.92. The Morgan fingerprint density at radius 3 is 2.58 bits per heavy atom. The summed E-state index contributed by atoms with van der Waals surface area (Å²) in [6, 6.07) is 14.3. The predicted molar refractivity (Wildman–Crippen MR) is 101 cm³/mol. The number of carbonyl (C=O) groups excluding carboxylic acids is 1. The molecule has 1 amide bonds. The van der Waals surface area contributed by atoms with E-state index in [1.807, 2.05) is 24.3 Å². The van der Waals surface area contributed by atoms with E-state index in [9.17, 15) is 4.79 Å². The van der Waals surface area contributed by atoms with E-state index in [4.69, 9.17) is 27.6 Å². The van der Waals surface area contributed by atoms with Gasteiger partial charge in [0.15, 0.2) is 0 Å². The van der Waals surface area contributed by atoms with Crippen LogP contribution in [0.15, 0.2) is 57.4 Å². The molecule has 0 fully saturated rings. The van der Waals surface area contributed by atoms with Crippen molar-refractivity contribution in [3.8, 4) is 11.3 Å². The average molecular weight is 425 g/mol. The number of halogens is 3. The molecule has 0 aliphatic carbocycles. The lowest BCUT2D eigenvalue weighted by atomic mass is 10.1. The number of benzene rings is 2. The molecule has 0 spiro atoms. The van der Waals surface area contributed by atoms with E-state index in [1.54, 1.807) is 31.2 Å². The number of nitrogens with one attached hydrogen (secondary N) is 1. The van der Waals surface area contributed by atoms with E-state index in [1.165, 1.54) is 0 Å². The fourth-order valence-corrected chi connectivity index (χ4v) is 2.96. The number of hydrogen-bond acceptors (Lipinski definition) is 2. The van der Waals surface area contributed by atoms with Crippen LogP contribution in [0.3, 0.4) is 0 Å². The van der Waals surface area contributed by atoms with Gasteiger partial charge in [-0.2, -0.15) is 0 Å². The highest BCUT2D eigenvalue weighted by molar-refractivity contribution is 9.10. The monoisotopic (exact) mass is 423 g/mol. The first-order valence-electron chi connectivity index (χ1n) is 7.07. The van der Waals surface area contributed by atoms with Crippen molar-refractivity contribution in [1.82, 2.24) is 0 Å². The van der Waals surface area contributed by atoms with Gasteiger partial charge in [-0.15, -0.1) is 0 Å². The third kappa shape index (κ3) is 3.66. The second kappa shape index (κ2) is 7.01. The molecule has 0 aliphatic rings. The lowest BCUT2D eigenvalue weighted by Gasteiger charge is -2.04. The van der Waals surface area contributed by atoms with Gasteiger partial charge in [-0.1, -0.05) is 45.2 Å². The van der Waals surface area contributed by atoms with Crippen molar-refractivity contribution in [1.29, 1.82) is 0 Å². The molecule has 0 bridgehead atoms. The van der Waals surface area contributed by atoms with Crippen LogP contribution in [0.5, 0.6) is 0 Å². The van der Waals surface area contributed by atoms with Crippen molar-refractivity contribution in [2.45, 2.75) is 6.92 Å². The number of furan rings is 1. The number of anilines is 1. The summed E-state index contributed by atoms with van der Waals surface area (Å²) < 4.78 is 6.60. The molecule has 3 rings (SSSR count). The predicted octanol–water partition coefficient (Wildman–Crippen LogP) is 6.58. The third-order valence-corrected chi connectivity index (χ3v) is 4.68. The first kappa shape index (κ1) is 17.1. The Labute approximate surface area is 157 Å². The number of carbonyl (C=O) groups is 1. The molecule has 0 saturated heterocycles. The van der Waals surface area contributed by atoms with Gasteiger partial charge in [-0.05, 0) is 49.4 Å². The summed E-state index contributed by atoms with van der Waals surface area (Å²) in [5, 5.41) is 3.75. The number of amides is 1. The summed E-state index contributed by atoms with van der Waals surface area (Å²) in [6.45, 7) is 1.75. The second-order valence-corrected chi connectivity index (χ2v) is 6.90. The topological polar surface area (TPSA) is 42.2 Å². The molecule has 0 atom stereocenters. The lowest BCUT2D eigenvalue weighted by molar-refractivity contribution is 0.102. The van der Waals surface area contributed by atoms with Gasteiger partial charge in [-0.25, -0.2) is 0 Å². The Kier molecular flexibility index (Phi) is 4.99. The van der Waals surface area contributed by atoms with Crippen molar-refractivity contribution in [3.05, 3.63) is 74.4 Å². The first-order valence-corrected chi connectivity index (χ1v) is 8.61. The summed E-state index contributed by atoms with van der Waals surface area (Å²) in [7, 11) is 0. The molecule has 3 nitrogen and oxygen atoms in total. The highest BCUT2D eigenvalue weighted by Gasteiger charge is 2.17. The molecule has 0 unspecified atom stereocenters. The maximum Gasteiger partial charge on any atom is 0.259 e. The van der Waals surface area contributed by atoms with Crippen LogP contribution in [0.25, 0.3) is 11.3 Å². The van der Waals surface area contributed by atoms with Gasteiger partial charge in [0.2, 0.25) is 0 Å². The van der Waals surface area contributed by atoms with Crippen LogP contribution >= 0.6 is 39.1 Å². The van der Waals surface area contributed by atoms with Gasteiger partial charge in [0.25, 0.3) is 5.91 Å². The summed E-state index contributed by atoms with van der Waals surface area (Å²) in [5.74, 6) is 0.856. The minimum atomic E-state index is -0.235. The third-order valence-electron chi connectivity index (χ3n) is 3.45. The molecule has 24 heavy (non-hydrogen) atoms. The van der Waals surface area contributed by atoms with Crippen LogP contribution in [-0.4, -0.2) is 5.91 Å². The molecule has 0 aliphatic heterocycles. The highest BCUT2D eigenvalue weighted by atomic mass is 79.9. The van der Waals surface area contributed by atoms with Crippen LogP contribution in [0, 0.1) is 6.92 Å². The molecule has 2 aromatic carbocycles. The van der Waals surface area contributed by atoms with E-state index >= 15 is 0 Å². The Hall–Kier alpha value is -1.75. The van der Waals surface area contributed by atoms with Crippen molar-refractivity contribution >= 4 is 50.7 Å². The van der Waals surface area contributed by atoms with Crippen molar-refractivity contribution in [3.63, 3.8) is 0 Å². The number of aryl methyl sites for hydroxylation is 1. The molecule has 1 heterocycles. The van der Waals surface area contributed by atoms with Crippen LogP contribution in [-0.2, 0) is 0 Å². The van der Waals surface area contributed by atoms with Crippen LogP contribution < -0.4 is 5.32 Å². The van der Waals surface area contributed by atoms with Gasteiger partial charge in [-0.3, -0.25) is 4.79 Å². The Bertz CT molecular complexity index is 921.